The predicted molar refractivity (Wildman–Crippen MR) is 57.2 cm³/mol. The molecular weight excluding hydrogens is 174 g/mol. The standard InChI is InChI=1S/C11H19N3/c1-2-3-4-7-14-11-5-6-12-8-10(11)9-13-14/h9,12H,2-8H2,1H3. The highest BCUT2D eigenvalue weighted by molar-refractivity contribution is 5.20. The molecule has 1 aliphatic heterocycles. The summed E-state index contributed by atoms with van der Waals surface area (Å²) >= 11 is 0. The van der Waals surface area contributed by atoms with Crippen LogP contribution in [0, 0.1) is 0 Å². The monoisotopic (exact) mass is 193 g/mol. The van der Waals surface area contributed by atoms with Gasteiger partial charge < -0.3 is 5.32 Å². The van der Waals surface area contributed by atoms with Crippen LogP contribution in [0.25, 0.3) is 0 Å². The zero-order valence-corrected chi connectivity index (χ0v) is 8.92. The van der Waals surface area contributed by atoms with Gasteiger partial charge in [0.25, 0.3) is 0 Å². The fourth-order valence-corrected chi connectivity index (χ4v) is 2.02. The van der Waals surface area contributed by atoms with Crippen LogP contribution in [0.1, 0.15) is 37.4 Å². The molecular formula is C11H19N3. The van der Waals surface area contributed by atoms with Crippen LogP contribution >= 0.6 is 0 Å². The number of hydrogen-bond acceptors (Lipinski definition) is 2. The van der Waals surface area contributed by atoms with Crippen molar-refractivity contribution in [1.82, 2.24) is 15.1 Å². The second-order valence-electron chi connectivity index (χ2n) is 3.97. The summed E-state index contributed by atoms with van der Waals surface area (Å²) in [5, 5.41) is 7.81. The van der Waals surface area contributed by atoms with Crippen molar-refractivity contribution in [2.24, 2.45) is 0 Å². The van der Waals surface area contributed by atoms with Crippen LogP contribution < -0.4 is 5.32 Å². The minimum Gasteiger partial charge on any atom is -0.312 e. The first-order chi connectivity index (χ1) is 6.92. The van der Waals surface area contributed by atoms with Crippen molar-refractivity contribution in [3.05, 3.63) is 17.5 Å². The number of unbranched alkanes of at least 4 members (excludes halogenated alkanes) is 2. The van der Waals surface area contributed by atoms with E-state index in [1.807, 2.05) is 6.20 Å². The molecule has 0 unspecified atom stereocenters. The van der Waals surface area contributed by atoms with Gasteiger partial charge in [-0.25, -0.2) is 0 Å². The van der Waals surface area contributed by atoms with Crippen LogP contribution in [0.5, 0.6) is 0 Å². The molecule has 3 heteroatoms. The molecule has 0 amide bonds. The maximum absolute atomic E-state index is 4.45. The SMILES string of the molecule is CCCCCn1ncc2c1CCNC2. The zero-order valence-electron chi connectivity index (χ0n) is 8.92. The first kappa shape index (κ1) is 9.71. The van der Waals surface area contributed by atoms with Crippen molar-refractivity contribution in [3.8, 4) is 0 Å². The van der Waals surface area contributed by atoms with Crippen LogP contribution in [0.2, 0.25) is 0 Å². The Morgan fingerprint density at radius 3 is 3.29 bits per heavy atom. The van der Waals surface area contributed by atoms with E-state index in [0.29, 0.717) is 0 Å². The van der Waals surface area contributed by atoms with E-state index >= 15 is 0 Å². The lowest BCUT2D eigenvalue weighted by Gasteiger charge is -2.14. The summed E-state index contributed by atoms with van der Waals surface area (Å²) in [6.07, 6.45) is 7.02. The molecule has 1 aromatic heterocycles. The number of hydrogen-bond donors (Lipinski definition) is 1. The van der Waals surface area contributed by atoms with E-state index in [4.69, 9.17) is 0 Å². The van der Waals surface area contributed by atoms with Gasteiger partial charge in [-0.15, -0.1) is 0 Å². The largest absolute Gasteiger partial charge is 0.312 e. The summed E-state index contributed by atoms with van der Waals surface area (Å²) in [5.41, 5.74) is 2.85. The van der Waals surface area contributed by atoms with Gasteiger partial charge >= 0.3 is 0 Å². The number of nitrogens with one attached hydrogen (secondary N) is 1. The molecule has 0 bridgehead atoms. The quantitative estimate of drug-likeness (QED) is 0.738. The lowest BCUT2D eigenvalue weighted by Crippen LogP contribution is -2.24. The molecule has 2 heterocycles. The first-order valence-electron chi connectivity index (χ1n) is 5.66. The lowest BCUT2D eigenvalue weighted by molar-refractivity contribution is 0.516. The molecule has 0 aromatic carbocycles. The average Bonchev–Trinajstić information content (AvgIpc) is 2.63. The topological polar surface area (TPSA) is 29.9 Å². The van der Waals surface area contributed by atoms with Gasteiger partial charge in [-0.2, -0.15) is 5.10 Å². The molecule has 1 aliphatic rings. The third-order valence-corrected chi connectivity index (χ3v) is 2.86. The fraction of sp³-hybridized carbons (Fsp3) is 0.727. The number of aromatic nitrogens is 2. The summed E-state index contributed by atoms with van der Waals surface area (Å²) in [6.45, 7) is 5.45. The van der Waals surface area contributed by atoms with Gasteiger partial charge in [0.2, 0.25) is 0 Å². The van der Waals surface area contributed by atoms with E-state index in [0.717, 1.165) is 26.1 Å². The summed E-state index contributed by atoms with van der Waals surface area (Å²) in [4.78, 5) is 0. The van der Waals surface area contributed by atoms with Crippen molar-refractivity contribution in [3.63, 3.8) is 0 Å². The summed E-state index contributed by atoms with van der Waals surface area (Å²) in [5.74, 6) is 0. The molecule has 78 valence electrons. The zero-order chi connectivity index (χ0) is 9.80. The molecule has 3 nitrogen and oxygen atoms in total. The molecule has 0 atom stereocenters. The van der Waals surface area contributed by atoms with E-state index in [-0.39, 0.29) is 0 Å². The second-order valence-corrected chi connectivity index (χ2v) is 3.97. The van der Waals surface area contributed by atoms with Gasteiger partial charge in [0.05, 0.1) is 6.20 Å². The smallest absolute Gasteiger partial charge is 0.0537 e. The minimum absolute atomic E-state index is 1.00. The van der Waals surface area contributed by atoms with E-state index in [9.17, 15) is 0 Å². The predicted octanol–water partition coefficient (Wildman–Crippen LogP) is 1.72. The molecule has 0 saturated carbocycles. The Morgan fingerprint density at radius 2 is 2.43 bits per heavy atom. The van der Waals surface area contributed by atoms with Crippen molar-refractivity contribution >= 4 is 0 Å². The highest BCUT2D eigenvalue weighted by Crippen LogP contribution is 2.13. The first-order valence-corrected chi connectivity index (χ1v) is 5.66. The van der Waals surface area contributed by atoms with Crippen LogP contribution in [0.15, 0.2) is 6.20 Å². The molecule has 0 aliphatic carbocycles. The molecule has 2 rings (SSSR count). The Labute approximate surface area is 85.5 Å². The summed E-state index contributed by atoms with van der Waals surface area (Å²) < 4.78 is 2.20. The van der Waals surface area contributed by atoms with Crippen LogP contribution in [-0.2, 0) is 19.5 Å². The molecule has 0 radical (unpaired) electrons. The van der Waals surface area contributed by atoms with E-state index in [2.05, 4.69) is 22.0 Å². The van der Waals surface area contributed by atoms with Crippen LogP contribution in [-0.4, -0.2) is 16.3 Å². The van der Waals surface area contributed by atoms with Gasteiger partial charge in [-0.3, -0.25) is 4.68 Å². The third kappa shape index (κ3) is 1.98. The fourth-order valence-electron chi connectivity index (χ4n) is 2.02. The highest BCUT2D eigenvalue weighted by atomic mass is 15.3. The normalized spacial score (nSPS) is 15.5. The Hall–Kier alpha value is -0.830. The van der Waals surface area contributed by atoms with Crippen molar-refractivity contribution in [2.45, 2.75) is 45.7 Å². The minimum atomic E-state index is 1.00. The van der Waals surface area contributed by atoms with Gasteiger partial charge in [0, 0.05) is 37.3 Å². The molecule has 14 heavy (non-hydrogen) atoms. The second kappa shape index (κ2) is 4.60. The van der Waals surface area contributed by atoms with E-state index < -0.39 is 0 Å². The van der Waals surface area contributed by atoms with E-state index in [1.165, 1.54) is 30.5 Å². The van der Waals surface area contributed by atoms with E-state index in [1.54, 1.807) is 0 Å². The number of fused-ring (bicyclic) bond motifs is 1. The van der Waals surface area contributed by atoms with Crippen molar-refractivity contribution in [2.75, 3.05) is 6.54 Å². The molecule has 1 N–H and O–H groups in total. The maximum Gasteiger partial charge on any atom is 0.0537 e. The molecule has 1 aromatic rings. The van der Waals surface area contributed by atoms with Crippen LogP contribution in [0.4, 0.5) is 0 Å². The van der Waals surface area contributed by atoms with Crippen LogP contribution in [0.3, 0.4) is 0 Å². The Morgan fingerprint density at radius 1 is 1.50 bits per heavy atom. The third-order valence-electron chi connectivity index (χ3n) is 2.86. The molecule has 0 spiro atoms. The number of nitrogens with zero attached hydrogens (tertiary/aromatic N) is 2. The summed E-state index contributed by atoms with van der Waals surface area (Å²) in [6, 6.07) is 0. The maximum atomic E-state index is 4.45. The lowest BCUT2D eigenvalue weighted by atomic mass is 10.1. The van der Waals surface area contributed by atoms with Crippen molar-refractivity contribution in [1.29, 1.82) is 0 Å². The number of rotatable bonds is 4. The molecule has 0 fully saturated rings. The number of aryl methyl sites for hydroxylation is 1. The Kier molecular flexibility index (Phi) is 3.19. The summed E-state index contributed by atoms with van der Waals surface area (Å²) in [7, 11) is 0. The Balaban J connectivity index is 1.99. The van der Waals surface area contributed by atoms with Gasteiger partial charge in [0.1, 0.15) is 0 Å². The van der Waals surface area contributed by atoms with Crippen molar-refractivity contribution < 1.29 is 0 Å². The Bertz CT molecular complexity index is 291. The van der Waals surface area contributed by atoms with Gasteiger partial charge in [-0.05, 0) is 6.42 Å². The van der Waals surface area contributed by atoms with Gasteiger partial charge in [0.15, 0.2) is 0 Å². The van der Waals surface area contributed by atoms with Gasteiger partial charge in [-0.1, -0.05) is 19.8 Å². The molecule has 0 saturated heterocycles. The average molecular weight is 193 g/mol. The highest BCUT2D eigenvalue weighted by Gasteiger charge is 2.13.